The van der Waals surface area contributed by atoms with Crippen molar-refractivity contribution in [2.45, 2.75) is 13.1 Å². The molecule has 0 aliphatic carbocycles. The molecule has 0 N–H and O–H groups in total. The molecule has 2 aromatic heterocycles. The van der Waals surface area contributed by atoms with E-state index in [-0.39, 0.29) is 29.9 Å². The summed E-state index contributed by atoms with van der Waals surface area (Å²) in [5.74, 6) is -2.76. The third-order valence-electron chi connectivity index (χ3n) is 5.14. The number of ketones is 2. The Kier molecular flexibility index (Phi) is 4.97. The summed E-state index contributed by atoms with van der Waals surface area (Å²) in [5, 5.41) is 8.39. The van der Waals surface area contributed by atoms with Crippen molar-refractivity contribution < 1.29 is 23.2 Å². The second-order valence-electron chi connectivity index (χ2n) is 7.34. The molecule has 1 aliphatic heterocycles. The van der Waals surface area contributed by atoms with Gasteiger partial charge in [-0.15, -0.1) is 5.10 Å². The van der Waals surface area contributed by atoms with Crippen LogP contribution in [0.4, 0.5) is 10.1 Å². The first-order valence-corrected chi connectivity index (χ1v) is 10.4. The molecule has 0 bridgehead atoms. The topological polar surface area (TPSA) is 115 Å². The quantitative estimate of drug-likeness (QED) is 0.230. The number of Topliss-reactive ketones (excluding diaryl/α,β-unsaturated/α-hetero) is 2. The van der Waals surface area contributed by atoms with Crippen LogP contribution in [0.3, 0.4) is 0 Å². The number of rotatable bonds is 5. The zero-order chi connectivity index (χ0) is 23.3. The molecule has 0 atom stereocenters. The van der Waals surface area contributed by atoms with Crippen molar-refractivity contribution in [1.29, 1.82) is 0 Å². The molecule has 3 heterocycles. The number of carbonyl (C=O) groups excluding carboxylic acids is 3. The molecule has 164 valence electrons. The molecule has 1 aliphatic rings. The van der Waals surface area contributed by atoms with Crippen LogP contribution < -0.4 is 10.5 Å². The van der Waals surface area contributed by atoms with Crippen LogP contribution in [0.15, 0.2) is 62.3 Å². The van der Waals surface area contributed by atoms with Gasteiger partial charge in [0.15, 0.2) is 5.78 Å². The lowest BCUT2D eigenvalue weighted by Gasteiger charge is -2.14. The molecule has 11 heteroatoms. The molecule has 1 amide bonds. The molecule has 0 radical (unpaired) electrons. The van der Waals surface area contributed by atoms with Crippen LogP contribution in [0, 0.1) is 5.82 Å². The number of hydrogen-bond acceptors (Lipinski definition) is 7. The van der Waals surface area contributed by atoms with E-state index < -0.39 is 28.9 Å². The molecule has 0 unspecified atom stereocenters. The zero-order valence-corrected chi connectivity index (χ0v) is 18.2. The van der Waals surface area contributed by atoms with E-state index in [2.05, 4.69) is 26.2 Å². The first kappa shape index (κ1) is 20.9. The van der Waals surface area contributed by atoms with Gasteiger partial charge in [0.2, 0.25) is 0 Å². The highest BCUT2D eigenvalue weighted by molar-refractivity contribution is 9.10. The van der Waals surface area contributed by atoms with E-state index >= 15 is 0 Å². The highest BCUT2D eigenvalue weighted by Gasteiger charge is 2.36. The molecule has 4 aromatic rings. The minimum atomic E-state index is -0.804. The Balaban J connectivity index is 1.35. The Morgan fingerprint density at radius 3 is 2.73 bits per heavy atom. The number of fused-ring (bicyclic) bond motifs is 2. The van der Waals surface area contributed by atoms with Crippen molar-refractivity contribution in [2.75, 3.05) is 4.90 Å². The summed E-state index contributed by atoms with van der Waals surface area (Å²) in [7, 11) is 0. The van der Waals surface area contributed by atoms with Gasteiger partial charge in [-0.2, -0.15) is 0 Å². The van der Waals surface area contributed by atoms with E-state index in [1.54, 1.807) is 18.2 Å². The van der Waals surface area contributed by atoms with Gasteiger partial charge in [-0.3, -0.25) is 19.3 Å². The van der Waals surface area contributed by atoms with Crippen molar-refractivity contribution in [1.82, 2.24) is 15.0 Å². The SMILES string of the molecule is O=C1C(=O)N(Cc2cn(CC(=O)c3cc4ccc(Br)cc4oc3=O)nn2)c2ccc(F)cc21. The Hall–Kier alpha value is -3.99. The van der Waals surface area contributed by atoms with Crippen molar-refractivity contribution in [3.63, 3.8) is 0 Å². The summed E-state index contributed by atoms with van der Waals surface area (Å²) in [5.41, 5.74) is 0.0136. The smallest absolute Gasteiger partial charge is 0.347 e. The zero-order valence-electron chi connectivity index (χ0n) is 16.6. The number of benzene rings is 2. The van der Waals surface area contributed by atoms with Crippen LogP contribution in [0.25, 0.3) is 11.0 Å². The van der Waals surface area contributed by atoms with Gasteiger partial charge in [0, 0.05) is 9.86 Å². The van der Waals surface area contributed by atoms with E-state index in [9.17, 15) is 23.6 Å². The average molecular weight is 511 g/mol. The molecular formula is C22H12BrFN4O5. The van der Waals surface area contributed by atoms with Crippen LogP contribution in [0.2, 0.25) is 0 Å². The lowest BCUT2D eigenvalue weighted by Crippen LogP contribution is -2.29. The third kappa shape index (κ3) is 3.76. The van der Waals surface area contributed by atoms with Crippen molar-refractivity contribution in [2.24, 2.45) is 0 Å². The minimum Gasteiger partial charge on any atom is -0.422 e. The molecule has 9 nitrogen and oxygen atoms in total. The molecule has 33 heavy (non-hydrogen) atoms. The fraction of sp³-hybridized carbons (Fsp3) is 0.0909. The molecule has 2 aromatic carbocycles. The number of hydrogen-bond donors (Lipinski definition) is 0. The molecule has 0 spiro atoms. The second kappa shape index (κ2) is 7.85. The molecule has 0 saturated heterocycles. The minimum absolute atomic E-state index is 0.0161. The maximum atomic E-state index is 13.4. The molecule has 0 fully saturated rings. The predicted molar refractivity (Wildman–Crippen MR) is 116 cm³/mol. The number of amides is 1. The van der Waals surface area contributed by atoms with Gasteiger partial charge in [-0.25, -0.2) is 13.9 Å². The maximum Gasteiger partial charge on any atom is 0.347 e. The van der Waals surface area contributed by atoms with Gasteiger partial charge in [-0.1, -0.05) is 27.2 Å². The Bertz CT molecular complexity index is 1540. The molecular weight excluding hydrogens is 499 g/mol. The Morgan fingerprint density at radius 1 is 1.09 bits per heavy atom. The standard InChI is InChI=1S/C22H12BrFN4O5/c23-12-2-1-11-5-16(22(32)33-19(11)6-12)18(29)10-27-8-14(25-26-27)9-28-17-4-3-13(24)7-15(17)20(30)21(28)31/h1-8H,9-10H2. The lowest BCUT2D eigenvalue weighted by atomic mass is 10.1. The predicted octanol–water partition coefficient (Wildman–Crippen LogP) is 2.90. The van der Waals surface area contributed by atoms with Crippen LogP contribution in [-0.4, -0.2) is 32.5 Å². The van der Waals surface area contributed by atoms with Crippen molar-refractivity contribution >= 4 is 50.1 Å². The van der Waals surface area contributed by atoms with Crippen LogP contribution >= 0.6 is 15.9 Å². The highest BCUT2D eigenvalue weighted by atomic mass is 79.9. The Labute approximate surface area is 192 Å². The normalized spacial score (nSPS) is 13.1. The summed E-state index contributed by atoms with van der Waals surface area (Å²) in [6.45, 7) is -0.376. The summed E-state index contributed by atoms with van der Waals surface area (Å²) in [6.07, 6.45) is 1.43. The largest absolute Gasteiger partial charge is 0.422 e. The third-order valence-corrected chi connectivity index (χ3v) is 5.64. The fourth-order valence-electron chi connectivity index (χ4n) is 3.59. The summed E-state index contributed by atoms with van der Waals surface area (Å²) < 4.78 is 20.6. The van der Waals surface area contributed by atoms with Gasteiger partial charge in [-0.05, 0) is 36.4 Å². The highest BCUT2D eigenvalue weighted by Crippen LogP contribution is 2.30. The maximum absolute atomic E-state index is 13.4. The average Bonchev–Trinajstić information content (AvgIpc) is 3.31. The summed E-state index contributed by atoms with van der Waals surface area (Å²) >= 11 is 3.29. The van der Waals surface area contributed by atoms with Gasteiger partial charge in [0.25, 0.3) is 11.7 Å². The van der Waals surface area contributed by atoms with Crippen LogP contribution in [0.1, 0.15) is 26.4 Å². The van der Waals surface area contributed by atoms with Gasteiger partial charge >= 0.3 is 5.63 Å². The van der Waals surface area contributed by atoms with Crippen LogP contribution in [-0.2, 0) is 17.9 Å². The van der Waals surface area contributed by atoms with Crippen molar-refractivity contribution in [3.05, 3.63) is 86.2 Å². The first-order chi connectivity index (χ1) is 15.8. The number of nitrogens with zero attached hydrogens (tertiary/aromatic N) is 4. The van der Waals surface area contributed by atoms with E-state index in [0.717, 1.165) is 16.6 Å². The molecule has 5 rings (SSSR count). The number of halogens is 2. The van der Waals surface area contributed by atoms with Crippen molar-refractivity contribution in [3.8, 4) is 0 Å². The van der Waals surface area contributed by atoms with Crippen LogP contribution in [0.5, 0.6) is 0 Å². The van der Waals surface area contributed by atoms with Gasteiger partial charge < -0.3 is 4.42 Å². The fourth-order valence-corrected chi connectivity index (χ4v) is 3.93. The van der Waals surface area contributed by atoms with E-state index in [1.165, 1.54) is 27.9 Å². The number of aromatic nitrogens is 3. The summed E-state index contributed by atoms with van der Waals surface area (Å²) in [4.78, 5) is 50.6. The number of carbonyl (C=O) groups is 3. The number of anilines is 1. The van der Waals surface area contributed by atoms with Gasteiger partial charge in [0.05, 0.1) is 24.0 Å². The van der Waals surface area contributed by atoms with E-state index in [4.69, 9.17) is 4.42 Å². The molecule has 0 saturated carbocycles. The summed E-state index contributed by atoms with van der Waals surface area (Å²) in [6, 6.07) is 10.1. The van der Waals surface area contributed by atoms with E-state index in [1.807, 2.05) is 0 Å². The van der Waals surface area contributed by atoms with E-state index in [0.29, 0.717) is 16.7 Å². The van der Waals surface area contributed by atoms with Gasteiger partial charge in [0.1, 0.15) is 29.2 Å². The second-order valence-corrected chi connectivity index (χ2v) is 8.26. The lowest BCUT2D eigenvalue weighted by molar-refractivity contribution is -0.114. The first-order valence-electron chi connectivity index (χ1n) is 9.61. The monoisotopic (exact) mass is 510 g/mol. The Morgan fingerprint density at radius 2 is 1.91 bits per heavy atom.